The lowest BCUT2D eigenvalue weighted by molar-refractivity contribution is -0.0202. The summed E-state index contributed by atoms with van der Waals surface area (Å²) >= 11 is 0. The molecule has 88 valence electrons. The Hall–Kier alpha value is -0.380. The summed E-state index contributed by atoms with van der Waals surface area (Å²) in [5.41, 5.74) is 4.14. The van der Waals surface area contributed by atoms with Crippen molar-refractivity contribution in [1.29, 1.82) is 0 Å². The lowest BCUT2D eigenvalue weighted by Crippen LogP contribution is -2.53. The van der Waals surface area contributed by atoms with Crippen LogP contribution in [0.3, 0.4) is 0 Å². The average molecular weight is 212 g/mol. The molecule has 15 heavy (non-hydrogen) atoms. The van der Waals surface area contributed by atoms with Crippen molar-refractivity contribution in [1.82, 2.24) is 5.43 Å². The van der Waals surface area contributed by atoms with Gasteiger partial charge in [-0.1, -0.05) is 18.6 Å². The molecule has 2 unspecified atom stereocenters. The number of hydrogen-bond acceptors (Lipinski definition) is 3. The molecule has 1 aliphatic rings. The van der Waals surface area contributed by atoms with E-state index in [0.29, 0.717) is 0 Å². The Kier molecular flexibility index (Phi) is 4.77. The van der Waals surface area contributed by atoms with Gasteiger partial charge in [0.05, 0.1) is 11.6 Å². The maximum absolute atomic E-state index is 5.67. The van der Waals surface area contributed by atoms with Crippen molar-refractivity contribution in [2.45, 2.75) is 57.6 Å². The summed E-state index contributed by atoms with van der Waals surface area (Å²) in [6.45, 7) is 4.25. The second-order valence-corrected chi connectivity index (χ2v) is 4.49. The Balaban J connectivity index is 2.81. The zero-order chi connectivity index (χ0) is 11.3. The van der Waals surface area contributed by atoms with Gasteiger partial charge in [0.15, 0.2) is 0 Å². The maximum Gasteiger partial charge on any atom is 0.0851 e. The van der Waals surface area contributed by atoms with Crippen molar-refractivity contribution in [3.8, 4) is 0 Å². The van der Waals surface area contributed by atoms with Gasteiger partial charge in [0.25, 0.3) is 0 Å². The Morgan fingerprint density at radius 1 is 1.60 bits per heavy atom. The highest BCUT2D eigenvalue weighted by Gasteiger charge is 2.34. The molecule has 0 saturated heterocycles. The SMILES string of the molecule is CCC(C)(OC)C(NN)C1=CCCCC1. The molecule has 0 heterocycles. The highest BCUT2D eigenvalue weighted by molar-refractivity contribution is 5.18. The van der Waals surface area contributed by atoms with Crippen molar-refractivity contribution in [2.75, 3.05) is 7.11 Å². The van der Waals surface area contributed by atoms with Crippen LogP contribution in [-0.2, 0) is 4.74 Å². The first kappa shape index (κ1) is 12.7. The lowest BCUT2D eigenvalue weighted by Gasteiger charge is -2.37. The number of nitrogens with one attached hydrogen (secondary N) is 1. The quantitative estimate of drug-likeness (QED) is 0.417. The van der Waals surface area contributed by atoms with E-state index < -0.39 is 0 Å². The lowest BCUT2D eigenvalue weighted by atomic mass is 9.83. The topological polar surface area (TPSA) is 47.3 Å². The molecule has 0 aromatic rings. The predicted octanol–water partition coefficient (Wildman–Crippen LogP) is 2.13. The summed E-state index contributed by atoms with van der Waals surface area (Å²) < 4.78 is 5.61. The van der Waals surface area contributed by atoms with Crippen LogP contribution in [0, 0.1) is 0 Å². The summed E-state index contributed by atoms with van der Waals surface area (Å²) in [6, 6.07) is 0.146. The molecular formula is C12H24N2O. The van der Waals surface area contributed by atoms with Crippen molar-refractivity contribution in [3.63, 3.8) is 0 Å². The van der Waals surface area contributed by atoms with Gasteiger partial charge in [-0.05, 0) is 39.0 Å². The number of nitrogens with two attached hydrogens (primary N) is 1. The van der Waals surface area contributed by atoms with Gasteiger partial charge >= 0.3 is 0 Å². The van der Waals surface area contributed by atoms with Gasteiger partial charge in [-0.3, -0.25) is 11.3 Å². The second kappa shape index (κ2) is 5.64. The van der Waals surface area contributed by atoms with Crippen LogP contribution in [0.2, 0.25) is 0 Å². The van der Waals surface area contributed by atoms with Crippen molar-refractivity contribution >= 4 is 0 Å². The van der Waals surface area contributed by atoms with Crippen LogP contribution in [0.1, 0.15) is 46.0 Å². The minimum Gasteiger partial charge on any atom is -0.377 e. The zero-order valence-electron chi connectivity index (χ0n) is 10.2. The van der Waals surface area contributed by atoms with Crippen LogP contribution in [0.4, 0.5) is 0 Å². The monoisotopic (exact) mass is 212 g/mol. The first-order chi connectivity index (χ1) is 7.18. The molecule has 3 heteroatoms. The highest BCUT2D eigenvalue weighted by Crippen LogP contribution is 2.29. The number of hydrogen-bond donors (Lipinski definition) is 2. The zero-order valence-corrected chi connectivity index (χ0v) is 10.2. The van der Waals surface area contributed by atoms with E-state index in [1.54, 1.807) is 7.11 Å². The third kappa shape index (κ3) is 2.80. The summed E-state index contributed by atoms with van der Waals surface area (Å²) in [5.74, 6) is 5.67. The fourth-order valence-corrected chi connectivity index (χ4v) is 2.27. The van der Waals surface area contributed by atoms with Crippen LogP contribution < -0.4 is 11.3 Å². The van der Waals surface area contributed by atoms with Crippen LogP contribution in [0.25, 0.3) is 0 Å². The number of hydrazine groups is 1. The molecule has 0 aromatic heterocycles. The van der Waals surface area contributed by atoms with Crippen molar-refractivity contribution in [2.24, 2.45) is 5.84 Å². The Bertz CT molecular complexity index is 222. The third-order valence-corrected chi connectivity index (χ3v) is 3.64. The number of rotatable bonds is 5. The van der Waals surface area contributed by atoms with E-state index in [-0.39, 0.29) is 11.6 Å². The van der Waals surface area contributed by atoms with Crippen LogP contribution >= 0.6 is 0 Å². The van der Waals surface area contributed by atoms with Gasteiger partial charge in [0.1, 0.15) is 0 Å². The standard InChI is InChI=1S/C12H24N2O/c1-4-12(2,15-3)11(14-13)10-8-6-5-7-9-10/h8,11,14H,4-7,9,13H2,1-3H3. The molecule has 3 N–H and O–H groups in total. The van der Waals surface area contributed by atoms with Crippen LogP contribution in [-0.4, -0.2) is 18.8 Å². The van der Waals surface area contributed by atoms with E-state index in [1.165, 1.54) is 24.8 Å². The maximum atomic E-state index is 5.67. The van der Waals surface area contributed by atoms with E-state index in [9.17, 15) is 0 Å². The minimum absolute atomic E-state index is 0.146. The van der Waals surface area contributed by atoms with E-state index >= 15 is 0 Å². The van der Waals surface area contributed by atoms with Crippen LogP contribution in [0.5, 0.6) is 0 Å². The van der Waals surface area contributed by atoms with E-state index in [0.717, 1.165) is 12.8 Å². The van der Waals surface area contributed by atoms with E-state index in [2.05, 4.69) is 25.3 Å². The molecule has 0 aromatic carbocycles. The molecule has 0 fully saturated rings. The number of ether oxygens (including phenoxy) is 1. The molecular weight excluding hydrogens is 188 g/mol. The largest absolute Gasteiger partial charge is 0.377 e. The second-order valence-electron chi connectivity index (χ2n) is 4.49. The Morgan fingerprint density at radius 3 is 2.73 bits per heavy atom. The number of allylic oxidation sites excluding steroid dienone is 1. The molecule has 0 radical (unpaired) electrons. The van der Waals surface area contributed by atoms with E-state index in [1.807, 2.05) is 0 Å². The van der Waals surface area contributed by atoms with Crippen molar-refractivity contribution < 1.29 is 4.74 Å². The normalized spacial score (nSPS) is 23.1. The molecule has 0 amide bonds. The minimum atomic E-state index is -0.197. The Labute approximate surface area is 93.0 Å². The number of methoxy groups -OCH3 is 1. The van der Waals surface area contributed by atoms with Gasteiger partial charge in [-0.2, -0.15) is 0 Å². The van der Waals surface area contributed by atoms with Gasteiger partial charge in [-0.25, -0.2) is 0 Å². The van der Waals surface area contributed by atoms with E-state index in [4.69, 9.17) is 10.6 Å². The highest BCUT2D eigenvalue weighted by atomic mass is 16.5. The average Bonchev–Trinajstić information content (AvgIpc) is 2.31. The summed E-state index contributed by atoms with van der Waals surface area (Å²) in [5, 5.41) is 0. The summed E-state index contributed by atoms with van der Waals surface area (Å²) in [4.78, 5) is 0. The smallest absolute Gasteiger partial charge is 0.0851 e. The fourth-order valence-electron chi connectivity index (χ4n) is 2.27. The first-order valence-corrected chi connectivity index (χ1v) is 5.88. The van der Waals surface area contributed by atoms with Crippen molar-refractivity contribution in [3.05, 3.63) is 11.6 Å². The summed E-state index contributed by atoms with van der Waals surface area (Å²) in [6.07, 6.45) is 8.17. The third-order valence-electron chi connectivity index (χ3n) is 3.64. The van der Waals surface area contributed by atoms with Gasteiger partial charge < -0.3 is 4.74 Å². The molecule has 2 atom stereocenters. The van der Waals surface area contributed by atoms with Crippen LogP contribution in [0.15, 0.2) is 11.6 Å². The molecule has 0 aliphatic heterocycles. The van der Waals surface area contributed by atoms with Gasteiger partial charge in [0.2, 0.25) is 0 Å². The predicted molar refractivity (Wildman–Crippen MR) is 63.4 cm³/mol. The summed E-state index contributed by atoms with van der Waals surface area (Å²) in [7, 11) is 1.76. The van der Waals surface area contributed by atoms with Gasteiger partial charge in [-0.15, -0.1) is 0 Å². The molecule has 1 rings (SSSR count). The molecule has 3 nitrogen and oxygen atoms in total. The fraction of sp³-hybridized carbons (Fsp3) is 0.833. The molecule has 0 saturated carbocycles. The molecule has 1 aliphatic carbocycles. The first-order valence-electron chi connectivity index (χ1n) is 5.88. The molecule has 0 spiro atoms. The molecule has 0 bridgehead atoms. The Morgan fingerprint density at radius 2 is 2.33 bits per heavy atom. The van der Waals surface area contributed by atoms with Gasteiger partial charge in [0, 0.05) is 7.11 Å².